The monoisotopic (exact) mass is 401 g/mol. The first-order valence-corrected chi connectivity index (χ1v) is 8.97. The van der Waals surface area contributed by atoms with Crippen molar-refractivity contribution in [3.05, 3.63) is 65.2 Å². The highest BCUT2D eigenvalue weighted by Gasteiger charge is 2.38. The Labute approximate surface area is 164 Å². The lowest BCUT2D eigenvalue weighted by molar-refractivity contribution is -0.146. The summed E-state index contributed by atoms with van der Waals surface area (Å²) in [5.41, 5.74) is 3.39. The van der Waals surface area contributed by atoms with E-state index in [4.69, 9.17) is 0 Å². The maximum absolute atomic E-state index is 13.1. The Morgan fingerprint density at radius 2 is 1.79 bits per heavy atom. The number of aromatic nitrogens is 6. The van der Waals surface area contributed by atoms with Gasteiger partial charge in [0.05, 0.1) is 11.9 Å². The fraction of sp³-hybridized carbons (Fsp3) is 0.263. The van der Waals surface area contributed by atoms with Gasteiger partial charge in [0.2, 0.25) is 0 Å². The summed E-state index contributed by atoms with van der Waals surface area (Å²) in [6.45, 7) is 3.99. The molecule has 0 unspecified atom stereocenters. The van der Waals surface area contributed by atoms with Crippen molar-refractivity contribution >= 4 is 11.5 Å². The van der Waals surface area contributed by atoms with Gasteiger partial charge in [-0.2, -0.15) is 22.8 Å². The van der Waals surface area contributed by atoms with Crippen LogP contribution in [0.15, 0.2) is 42.7 Å². The molecule has 1 N–H and O–H groups in total. The van der Waals surface area contributed by atoms with E-state index in [0.717, 1.165) is 21.3 Å². The fourth-order valence-electron chi connectivity index (χ4n) is 3.01. The van der Waals surface area contributed by atoms with E-state index in [1.54, 1.807) is 24.7 Å². The summed E-state index contributed by atoms with van der Waals surface area (Å²) in [6, 6.07) is 9.72. The van der Waals surface area contributed by atoms with E-state index < -0.39 is 12.0 Å². The first kappa shape index (κ1) is 18.9. The summed E-state index contributed by atoms with van der Waals surface area (Å²) in [5, 5.41) is 18.4. The third-order valence-electron chi connectivity index (χ3n) is 4.71. The number of nitrogens with one attached hydrogen (secondary N) is 1. The van der Waals surface area contributed by atoms with Crippen molar-refractivity contribution in [1.82, 2.24) is 29.6 Å². The molecule has 1 aromatic carbocycles. The lowest BCUT2D eigenvalue weighted by Gasteiger charge is -2.12. The van der Waals surface area contributed by atoms with Crippen molar-refractivity contribution in [2.45, 2.75) is 26.4 Å². The number of anilines is 1. The summed E-state index contributed by atoms with van der Waals surface area (Å²) in [7, 11) is 0. The van der Waals surface area contributed by atoms with Crippen LogP contribution in [-0.4, -0.2) is 36.1 Å². The molecule has 4 aromatic rings. The lowest BCUT2D eigenvalue weighted by atomic mass is 10.2. The van der Waals surface area contributed by atoms with Gasteiger partial charge < -0.3 is 5.32 Å². The van der Waals surface area contributed by atoms with Gasteiger partial charge in [-0.05, 0) is 43.5 Å². The average Bonchev–Trinajstić information content (AvgIpc) is 3.33. The van der Waals surface area contributed by atoms with Gasteiger partial charge in [0.1, 0.15) is 5.82 Å². The zero-order valence-electron chi connectivity index (χ0n) is 15.8. The molecule has 0 atom stereocenters. The van der Waals surface area contributed by atoms with Gasteiger partial charge in [-0.1, -0.05) is 18.2 Å². The molecule has 3 aromatic heterocycles. The van der Waals surface area contributed by atoms with Crippen LogP contribution in [0.4, 0.5) is 19.0 Å². The highest BCUT2D eigenvalue weighted by molar-refractivity contribution is 5.58. The number of hydrogen-bond acceptors (Lipinski definition) is 5. The van der Waals surface area contributed by atoms with E-state index in [9.17, 15) is 13.2 Å². The SMILES string of the molecule is Cc1c(NCCc2cnn(-c3ccccc3)c2)nn2c(C(F)(F)F)nnc2c1C. The van der Waals surface area contributed by atoms with Crippen molar-refractivity contribution in [3.63, 3.8) is 0 Å². The number of rotatable bonds is 5. The summed E-state index contributed by atoms with van der Waals surface area (Å²) in [6.07, 6.45) is -0.297. The maximum atomic E-state index is 13.1. The number of hydrogen-bond donors (Lipinski definition) is 1. The standard InChI is InChI=1S/C19H18F3N7/c1-12-13(2)17-25-26-18(19(20,21)22)29(17)27-16(12)23-9-8-14-10-24-28(11-14)15-6-4-3-5-7-15/h3-7,10-11H,8-9H2,1-2H3,(H,23,27). The maximum Gasteiger partial charge on any atom is 0.453 e. The predicted molar refractivity (Wildman–Crippen MR) is 101 cm³/mol. The van der Waals surface area contributed by atoms with Crippen LogP contribution in [0.5, 0.6) is 0 Å². The molecule has 0 spiro atoms. The van der Waals surface area contributed by atoms with E-state index in [0.29, 0.717) is 24.3 Å². The fourth-order valence-corrected chi connectivity index (χ4v) is 3.01. The van der Waals surface area contributed by atoms with Crippen LogP contribution in [0.3, 0.4) is 0 Å². The molecule has 4 rings (SSSR count). The third-order valence-corrected chi connectivity index (χ3v) is 4.71. The van der Waals surface area contributed by atoms with Crippen molar-refractivity contribution in [2.75, 3.05) is 11.9 Å². The van der Waals surface area contributed by atoms with E-state index in [1.807, 2.05) is 36.5 Å². The number of aryl methyl sites for hydroxylation is 1. The van der Waals surface area contributed by atoms with Gasteiger partial charge in [0.15, 0.2) is 5.65 Å². The largest absolute Gasteiger partial charge is 0.453 e. The third kappa shape index (κ3) is 3.65. The quantitative estimate of drug-likeness (QED) is 0.553. The van der Waals surface area contributed by atoms with E-state index >= 15 is 0 Å². The molecule has 0 saturated heterocycles. The summed E-state index contributed by atoms with van der Waals surface area (Å²) < 4.78 is 41.9. The first-order valence-electron chi connectivity index (χ1n) is 8.97. The second-order valence-electron chi connectivity index (χ2n) is 6.66. The Hall–Kier alpha value is -3.43. The Balaban J connectivity index is 1.51. The molecule has 0 fully saturated rings. The lowest BCUT2D eigenvalue weighted by Crippen LogP contribution is -2.16. The topological polar surface area (TPSA) is 72.9 Å². The normalized spacial score (nSPS) is 11.9. The first-order chi connectivity index (χ1) is 13.8. The Morgan fingerprint density at radius 3 is 2.52 bits per heavy atom. The summed E-state index contributed by atoms with van der Waals surface area (Å²) in [4.78, 5) is 0. The number of para-hydroxylation sites is 1. The highest BCUT2D eigenvalue weighted by Crippen LogP contribution is 2.29. The van der Waals surface area contributed by atoms with Crippen LogP contribution in [0.25, 0.3) is 11.3 Å². The number of fused-ring (bicyclic) bond motifs is 1. The van der Waals surface area contributed by atoms with Gasteiger partial charge >= 0.3 is 6.18 Å². The van der Waals surface area contributed by atoms with Crippen molar-refractivity contribution in [3.8, 4) is 5.69 Å². The molecule has 150 valence electrons. The van der Waals surface area contributed by atoms with E-state index in [-0.39, 0.29) is 5.65 Å². The van der Waals surface area contributed by atoms with E-state index in [2.05, 4.69) is 25.7 Å². The van der Waals surface area contributed by atoms with Gasteiger partial charge in [0.25, 0.3) is 5.82 Å². The number of benzene rings is 1. The molecule has 0 amide bonds. The van der Waals surface area contributed by atoms with Gasteiger partial charge in [0, 0.05) is 18.3 Å². The van der Waals surface area contributed by atoms with Gasteiger partial charge in [-0.15, -0.1) is 15.3 Å². The number of alkyl halides is 3. The van der Waals surface area contributed by atoms with Crippen molar-refractivity contribution < 1.29 is 13.2 Å². The zero-order chi connectivity index (χ0) is 20.6. The van der Waals surface area contributed by atoms with Crippen molar-refractivity contribution in [1.29, 1.82) is 0 Å². The summed E-state index contributed by atoms with van der Waals surface area (Å²) in [5.74, 6) is -0.765. The van der Waals surface area contributed by atoms with Crippen LogP contribution in [0.2, 0.25) is 0 Å². The number of nitrogens with zero attached hydrogens (tertiary/aromatic N) is 6. The smallest absolute Gasteiger partial charge is 0.368 e. The molecule has 29 heavy (non-hydrogen) atoms. The Morgan fingerprint density at radius 1 is 1.03 bits per heavy atom. The zero-order valence-corrected chi connectivity index (χ0v) is 15.8. The molecule has 3 heterocycles. The molecule has 10 heteroatoms. The van der Waals surface area contributed by atoms with Gasteiger partial charge in [-0.25, -0.2) is 4.68 Å². The molecular formula is C19H18F3N7. The molecular weight excluding hydrogens is 383 g/mol. The minimum Gasteiger partial charge on any atom is -0.368 e. The molecule has 0 aliphatic rings. The average molecular weight is 401 g/mol. The minimum absolute atomic E-state index is 0.101. The minimum atomic E-state index is -4.63. The molecule has 0 bridgehead atoms. The number of halogens is 3. The molecule has 0 aliphatic heterocycles. The molecule has 0 aliphatic carbocycles. The van der Waals surface area contributed by atoms with E-state index in [1.165, 1.54) is 0 Å². The van der Waals surface area contributed by atoms with Crippen LogP contribution in [0, 0.1) is 13.8 Å². The summed E-state index contributed by atoms with van der Waals surface area (Å²) >= 11 is 0. The molecule has 7 nitrogen and oxygen atoms in total. The molecule has 0 saturated carbocycles. The predicted octanol–water partition coefficient (Wildman–Crippen LogP) is 3.60. The Kier molecular flexibility index (Phi) is 4.69. The van der Waals surface area contributed by atoms with Crippen LogP contribution < -0.4 is 5.32 Å². The highest BCUT2D eigenvalue weighted by atomic mass is 19.4. The van der Waals surface area contributed by atoms with Crippen LogP contribution >= 0.6 is 0 Å². The van der Waals surface area contributed by atoms with Crippen LogP contribution in [0.1, 0.15) is 22.5 Å². The van der Waals surface area contributed by atoms with Gasteiger partial charge in [-0.3, -0.25) is 0 Å². The second-order valence-corrected chi connectivity index (χ2v) is 6.66. The van der Waals surface area contributed by atoms with Crippen LogP contribution in [-0.2, 0) is 12.6 Å². The Bertz CT molecular complexity index is 1150. The molecule has 0 radical (unpaired) electrons. The van der Waals surface area contributed by atoms with Crippen molar-refractivity contribution in [2.24, 2.45) is 0 Å². The second kappa shape index (κ2) is 7.19.